The van der Waals surface area contributed by atoms with Crippen LogP contribution in [0.4, 0.5) is 0 Å². The minimum absolute atomic E-state index is 0.291. The van der Waals surface area contributed by atoms with Crippen LogP contribution in [0.5, 0.6) is 0 Å². The lowest BCUT2D eigenvalue weighted by atomic mass is 10.1. The van der Waals surface area contributed by atoms with Crippen molar-refractivity contribution in [2.75, 3.05) is 0 Å². The van der Waals surface area contributed by atoms with Crippen molar-refractivity contribution in [2.24, 2.45) is 0 Å². The van der Waals surface area contributed by atoms with Gasteiger partial charge in [-0.05, 0) is 37.1 Å². The van der Waals surface area contributed by atoms with E-state index < -0.39 is 18.1 Å². The molecule has 0 fully saturated rings. The molecule has 0 saturated heterocycles. The van der Waals surface area contributed by atoms with E-state index in [0.717, 1.165) is 27.8 Å². The van der Waals surface area contributed by atoms with Crippen LogP contribution in [0.2, 0.25) is 0 Å². The van der Waals surface area contributed by atoms with Crippen LogP contribution >= 0.6 is 0 Å². The third kappa shape index (κ3) is 3.29. The third-order valence-electron chi connectivity index (χ3n) is 4.99. The van der Waals surface area contributed by atoms with E-state index in [-0.39, 0.29) is 5.91 Å². The molecule has 1 amide bonds. The summed E-state index contributed by atoms with van der Waals surface area (Å²) in [7, 11) is 0. The van der Waals surface area contributed by atoms with E-state index in [1.807, 2.05) is 67.6 Å². The summed E-state index contributed by atoms with van der Waals surface area (Å²) >= 11 is 0. The normalized spacial score (nSPS) is 13.4. The second-order valence-electron chi connectivity index (χ2n) is 7.06. The fraction of sp³-hybridized carbons (Fsp3) is 0.167. The zero-order chi connectivity index (χ0) is 19.7. The van der Waals surface area contributed by atoms with Crippen LogP contribution in [-0.4, -0.2) is 17.9 Å². The smallest absolute Gasteiger partial charge is 0.329 e. The van der Waals surface area contributed by atoms with Gasteiger partial charge in [0.15, 0.2) is 6.10 Å². The molecule has 28 heavy (non-hydrogen) atoms. The summed E-state index contributed by atoms with van der Waals surface area (Å²) < 4.78 is 5.83. The van der Waals surface area contributed by atoms with Crippen molar-refractivity contribution in [3.8, 4) is 11.1 Å². The lowest BCUT2D eigenvalue weighted by Crippen LogP contribution is -2.40. The van der Waals surface area contributed by atoms with Gasteiger partial charge >= 0.3 is 5.97 Å². The lowest BCUT2D eigenvalue weighted by molar-refractivity contribution is -0.149. The highest BCUT2D eigenvalue weighted by Gasteiger charge is 2.32. The monoisotopic (exact) mass is 371 g/mol. The number of aryl methyl sites for hydroxylation is 1. The minimum Gasteiger partial charge on any atom is -0.451 e. The van der Waals surface area contributed by atoms with E-state index in [9.17, 15) is 9.59 Å². The highest BCUT2D eigenvalue weighted by molar-refractivity contribution is 5.97. The van der Waals surface area contributed by atoms with Crippen LogP contribution in [0.15, 0.2) is 72.8 Å². The number of carbonyl (C=O) groups is 2. The summed E-state index contributed by atoms with van der Waals surface area (Å²) in [6.45, 7) is 3.56. The maximum Gasteiger partial charge on any atom is 0.329 e. The number of rotatable bonds is 4. The average Bonchev–Trinajstić information content (AvgIpc) is 3.02. The van der Waals surface area contributed by atoms with Gasteiger partial charge in [0.1, 0.15) is 6.04 Å². The summed E-state index contributed by atoms with van der Waals surface area (Å²) in [5, 5.41) is 2.73. The van der Waals surface area contributed by atoms with Gasteiger partial charge in [-0.2, -0.15) is 0 Å². The Balaban J connectivity index is 1.51. The summed E-state index contributed by atoms with van der Waals surface area (Å²) in [4.78, 5) is 25.1. The molecule has 0 aliphatic heterocycles. The molecule has 4 nitrogen and oxygen atoms in total. The number of ether oxygens (including phenoxy) is 1. The first-order valence-electron chi connectivity index (χ1n) is 9.31. The van der Waals surface area contributed by atoms with Crippen LogP contribution in [0.3, 0.4) is 0 Å². The van der Waals surface area contributed by atoms with E-state index in [1.165, 1.54) is 0 Å². The predicted molar refractivity (Wildman–Crippen MR) is 108 cm³/mol. The molecule has 1 aliphatic rings. The molecule has 4 rings (SSSR count). The minimum atomic E-state index is -0.757. The van der Waals surface area contributed by atoms with Crippen molar-refractivity contribution in [3.05, 3.63) is 95.1 Å². The van der Waals surface area contributed by atoms with E-state index in [0.29, 0.717) is 5.56 Å². The summed E-state index contributed by atoms with van der Waals surface area (Å²) in [5.74, 6) is -0.752. The molecular formula is C24H21NO3. The fourth-order valence-corrected chi connectivity index (χ4v) is 3.58. The van der Waals surface area contributed by atoms with Crippen molar-refractivity contribution in [1.82, 2.24) is 5.32 Å². The quantitative estimate of drug-likeness (QED) is 0.691. The second kappa shape index (κ2) is 7.31. The SMILES string of the molecule is Cc1cccc(C(=O)N[C@@H](C)C(=O)OC2c3ccccc3-c3ccccc32)c1. The van der Waals surface area contributed by atoms with Gasteiger partial charge in [0.05, 0.1) is 0 Å². The van der Waals surface area contributed by atoms with Crippen LogP contribution in [0.1, 0.15) is 40.1 Å². The first-order chi connectivity index (χ1) is 13.5. The number of carbonyl (C=O) groups excluding carboxylic acids is 2. The Kier molecular flexibility index (Phi) is 4.70. The molecule has 0 unspecified atom stereocenters. The van der Waals surface area contributed by atoms with Gasteiger partial charge in [0.25, 0.3) is 5.91 Å². The summed E-state index contributed by atoms with van der Waals surface area (Å²) in [5.41, 5.74) is 5.60. The number of amides is 1. The molecule has 0 saturated carbocycles. The summed E-state index contributed by atoms with van der Waals surface area (Å²) in [6, 6.07) is 22.3. The zero-order valence-corrected chi connectivity index (χ0v) is 15.8. The Morgan fingerprint density at radius 3 is 2.11 bits per heavy atom. The molecule has 140 valence electrons. The molecule has 0 radical (unpaired) electrons. The number of fused-ring (bicyclic) bond motifs is 3. The van der Waals surface area contributed by atoms with E-state index in [4.69, 9.17) is 4.74 Å². The first kappa shape index (κ1) is 18.0. The Labute approximate surface area is 164 Å². The molecule has 0 bridgehead atoms. The average molecular weight is 371 g/mol. The first-order valence-corrected chi connectivity index (χ1v) is 9.31. The van der Waals surface area contributed by atoms with Gasteiger partial charge in [-0.1, -0.05) is 66.2 Å². The third-order valence-corrected chi connectivity index (χ3v) is 4.99. The number of benzene rings is 3. The van der Waals surface area contributed by atoms with Gasteiger partial charge in [0, 0.05) is 16.7 Å². The van der Waals surface area contributed by atoms with Crippen LogP contribution in [-0.2, 0) is 9.53 Å². The van der Waals surface area contributed by atoms with Crippen molar-refractivity contribution in [1.29, 1.82) is 0 Å². The molecule has 4 heteroatoms. The van der Waals surface area contributed by atoms with Gasteiger partial charge in [-0.3, -0.25) is 4.79 Å². The Bertz CT molecular complexity index is 1010. The molecule has 0 heterocycles. The largest absolute Gasteiger partial charge is 0.451 e. The zero-order valence-electron chi connectivity index (χ0n) is 15.8. The van der Waals surface area contributed by atoms with E-state index >= 15 is 0 Å². The van der Waals surface area contributed by atoms with Gasteiger partial charge < -0.3 is 10.1 Å². The Hall–Kier alpha value is -3.40. The Morgan fingerprint density at radius 1 is 0.893 bits per heavy atom. The van der Waals surface area contributed by atoms with Crippen LogP contribution in [0.25, 0.3) is 11.1 Å². The van der Waals surface area contributed by atoms with E-state index in [1.54, 1.807) is 19.1 Å². The topological polar surface area (TPSA) is 55.4 Å². The fourth-order valence-electron chi connectivity index (χ4n) is 3.58. The number of esters is 1. The number of hydrogen-bond acceptors (Lipinski definition) is 3. The molecule has 0 aromatic heterocycles. The molecule has 0 spiro atoms. The predicted octanol–water partition coefficient (Wildman–Crippen LogP) is 4.43. The van der Waals surface area contributed by atoms with Crippen molar-refractivity contribution in [3.63, 3.8) is 0 Å². The second-order valence-corrected chi connectivity index (χ2v) is 7.06. The molecule has 1 aliphatic carbocycles. The highest BCUT2D eigenvalue weighted by Crippen LogP contribution is 2.45. The van der Waals surface area contributed by atoms with Gasteiger partial charge in [0.2, 0.25) is 0 Å². The van der Waals surface area contributed by atoms with Crippen molar-refractivity contribution in [2.45, 2.75) is 26.0 Å². The molecule has 3 aromatic rings. The number of hydrogen-bond donors (Lipinski definition) is 1. The maximum absolute atomic E-state index is 12.7. The highest BCUT2D eigenvalue weighted by atomic mass is 16.5. The van der Waals surface area contributed by atoms with E-state index in [2.05, 4.69) is 5.32 Å². The van der Waals surface area contributed by atoms with Gasteiger partial charge in [-0.25, -0.2) is 4.79 Å². The van der Waals surface area contributed by atoms with Crippen LogP contribution in [0, 0.1) is 6.92 Å². The maximum atomic E-state index is 12.7. The van der Waals surface area contributed by atoms with Gasteiger partial charge in [-0.15, -0.1) is 0 Å². The van der Waals surface area contributed by atoms with Crippen molar-refractivity contribution >= 4 is 11.9 Å². The molecule has 1 N–H and O–H groups in total. The summed E-state index contributed by atoms with van der Waals surface area (Å²) in [6.07, 6.45) is -0.460. The number of nitrogens with one attached hydrogen (secondary N) is 1. The lowest BCUT2D eigenvalue weighted by Gasteiger charge is -2.19. The van der Waals surface area contributed by atoms with Crippen LogP contribution < -0.4 is 5.32 Å². The van der Waals surface area contributed by atoms with Crippen molar-refractivity contribution < 1.29 is 14.3 Å². The molecule has 3 aromatic carbocycles. The molecular weight excluding hydrogens is 350 g/mol. The molecule has 1 atom stereocenters. The standard InChI is InChI=1S/C24H21NO3/c1-15-8-7-9-17(14-15)23(26)25-16(2)24(27)28-22-20-12-5-3-10-18(20)19-11-4-6-13-21(19)22/h3-14,16,22H,1-2H3,(H,25,26)/t16-/m0/s1. The Morgan fingerprint density at radius 2 is 1.50 bits per heavy atom.